The van der Waals surface area contributed by atoms with Crippen LogP contribution in [-0.4, -0.2) is 23.9 Å². The number of ether oxygens (including phenoxy) is 1. The van der Waals surface area contributed by atoms with Crippen molar-refractivity contribution in [3.8, 4) is 5.75 Å². The number of carbonyl (C=O) groups is 2. The molecule has 0 saturated carbocycles. The molecule has 0 aliphatic carbocycles. The number of benzene rings is 1. The van der Waals surface area contributed by atoms with Gasteiger partial charge >= 0.3 is 0 Å². The summed E-state index contributed by atoms with van der Waals surface area (Å²) in [6, 6.07) is 8.48. The highest BCUT2D eigenvalue weighted by atomic mass is 16.5. The van der Waals surface area contributed by atoms with E-state index in [4.69, 9.17) is 4.74 Å². The van der Waals surface area contributed by atoms with E-state index >= 15 is 0 Å². The lowest BCUT2D eigenvalue weighted by atomic mass is 10.2. The maximum atomic E-state index is 12.1. The van der Waals surface area contributed by atoms with E-state index in [2.05, 4.69) is 15.6 Å². The quantitative estimate of drug-likeness (QED) is 0.909. The predicted octanol–water partition coefficient (Wildman–Crippen LogP) is 2.61. The second-order valence-electron chi connectivity index (χ2n) is 4.75. The molecule has 2 N–H and O–H groups in total. The first-order chi connectivity index (χ1) is 10.5. The molecule has 0 aliphatic rings. The number of hydrogen-bond acceptors (Lipinski definition) is 4. The van der Waals surface area contributed by atoms with E-state index in [0.717, 1.165) is 5.56 Å². The van der Waals surface area contributed by atoms with Crippen molar-refractivity contribution in [3.63, 3.8) is 0 Å². The minimum absolute atomic E-state index is 0.167. The summed E-state index contributed by atoms with van der Waals surface area (Å²) in [4.78, 5) is 27.3. The number of pyridine rings is 1. The topological polar surface area (TPSA) is 80.3 Å². The normalized spacial score (nSPS) is 9.95. The van der Waals surface area contributed by atoms with E-state index in [-0.39, 0.29) is 11.8 Å². The molecule has 22 heavy (non-hydrogen) atoms. The van der Waals surface area contributed by atoms with Gasteiger partial charge in [0.25, 0.3) is 5.91 Å². The van der Waals surface area contributed by atoms with Crippen LogP contribution in [0.15, 0.2) is 36.5 Å². The standard InChI is InChI=1S/C16H17N3O3/c1-10-8-15(17-9-14(10)18-11(2)20)19-16(21)12-4-6-13(22-3)7-5-12/h4-9H,1-3H3,(H,18,20)(H,17,19,21). The van der Waals surface area contributed by atoms with E-state index in [9.17, 15) is 9.59 Å². The molecule has 2 aromatic rings. The minimum Gasteiger partial charge on any atom is -0.497 e. The van der Waals surface area contributed by atoms with Gasteiger partial charge in [0.1, 0.15) is 11.6 Å². The van der Waals surface area contributed by atoms with Crippen molar-refractivity contribution >= 4 is 23.3 Å². The molecule has 0 spiro atoms. The molecule has 0 atom stereocenters. The summed E-state index contributed by atoms with van der Waals surface area (Å²) in [6.45, 7) is 3.26. The highest BCUT2D eigenvalue weighted by Crippen LogP contribution is 2.18. The zero-order valence-electron chi connectivity index (χ0n) is 12.6. The monoisotopic (exact) mass is 299 g/mol. The number of anilines is 2. The SMILES string of the molecule is COc1ccc(C(=O)Nc2cc(C)c(NC(C)=O)cn2)cc1. The summed E-state index contributed by atoms with van der Waals surface area (Å²) < 4.78 is 5.05. The number of nitrogens with zero attached hydrogens (tertiary/aromatic N) is 1. The lowest BCUT2D eigenvalue weighted by Gasteiger charge is -2.09. The van der Waals surface area contributed by atoms with Crippen molar-refractivity contribution in [2.75, 3.05) is 17.7 Å². The van der Waals surface area contributed by atoms with Crippen molar-refractivity contribution in [3.05, 3.63) is 47.7 Å². The first kappa shape index (κ1) is 15.5. The maximum absolute atomic E-state index is 12.1. The number of aryl methyl sites for hydroxylation is 1. The van der Waals surface area contributed by atoms with Crippen molar-refractivity contribution in [1.29, 1.82) is 0 Å². The molecule has 114 valence electrons. The van der Waals surface area contributed by atoms with Crippen LogP contribution in [0.25, 0.3) is 0 Å². The Morgan fingerprint density at radius 1 is 1.14 bits per heavy atom. The number of aromatic nitrogens is 1. The Bertz CT molecular complexity index is 696. The number of nitrogens with one attached hydrogen (secondary N) is 2. The Kier molecular flexibility index (Phi) is 4.73. The van der Waals surface area contributed by atoms with E-state index in [0.29, 0.717) is 22.8 Å². The number of carbonyl (C=O) groups excluding carboxylic acids is 2. The van der Waals surface area contributed by atoms with Crippen LogP contribution in [0, 0.1) is 6.92 Å². The van der Waals surface area contributed by atoms with Gasteiger partial charge in [-0.3, -0.25) is 9.59 Å². The molecule has 0 fully saturated rings. The average molecular weight is 299 g/mol. The third kappa shape index (κ3) is 3.82. The zero-order valence-corrected chi connectivity index (χ0v) is 12.6. The molecule has 2 amide bonds. The predicted molar refractivity (Wildman–Crippen MR) is 84.2 cm³/mol. The summed E-state index contributed by atoms with van der Waals surface area (Å²) in [5.41, 5.74) is 1.94. The highest BCUT2D eigenvalue weighted by Gasteiger charge is 2.09. The molecular formula is C16H17N3O3. The Balaban J connectivity index is 2.10. The van der Waals surface area contributed by atoms with Gasteiger partial charge < -0.3 is 15.4 Å². The zero-order chi connectivity index (χ0) is 16.1. The average Bonchev–Trinajstić information content (AvgIpc) is 2.49. The summed E-state index contributed by atoms with van der Waals surface area (Å²) >= 11 is 0. The van der Waals surface area contributed by atoms with Crippen molar-refractivity contribution in [2.45, 2.75) is 13.8 Å². The molecule has 6 nitrogen and oxygen atoms in total. The Morgan fingerprint density at radius 2 is 1.82 bits per heavy atom. The fourth-order valence-corrected chi connectivity index (χ4v) is 1.88. The Labute approximate surface area is 128 Å². The van der Waals surface area contributed by atoms with Crippen LogP contribution in [0.4, 0.5) is 11.5 Å². The van der Waals surface area contributed by atoms with Crippen LogP contribution in [0.3, 0.4) is 0 Å². The largest absolute Gasteiger partial charge is 0.497 e. The van der Waals surface area contributed by atoms with E-state index in [1.807, 2.05) is 6.92 Å². The fourth-order valence-electron chi connectivity index (χ4n) is 1.88. The highest BCUT2D eigenvalue weighted by molar-refractivity contribution is 6.04. The number of hydrogen-bond donors (Lipinski definition) is 2. The van der Waals surface area contributed by atoms with Crippen LogP contribution < -0.4 is 15.4 Å². The Hall–Kier alpha value is -2.89. The molecule has 6 heteroatoms. The maximum Gasteiger partial charge on any atom is 0.256 e. The summed E-state index contributed by atoms with van der Waals surface area (Å²) in [5, 5.41) is 5.38. The molecular weight excluding hydrogens is 282 g/mol. The molecule has 0 bridgehead atoms. The molecule has 0 saturated heterocycles. The van der Waals surface area contributed by atoms with Gasteiger partial charge in [0, 0.05) is 12.5 Å². The van der Waals surface area contributed by atoms with E-state index in [1.54, 1.807) is 37.4 Å². The first-order valence-corrected chi connectivity index (χ1v) is 6.69. The smallest absolute Gasteiger partial charge is 0.256 e. The third-order valence-corrected chi connectivity index (χ3v) is 3.02. The van der Waals surface area contributed by atoms with Gasteiger partial charge in [0.15, 0.2) is 0 Å². The van der Waals surface area contributed by atoms with Gasteiger partial charge in [-0.2, -0.15) is 0 Å². The third-order valence-electron chi connectivity index (χ3n) is 3.02. The number of methoxy groups -OCH3 is 1. The van der Waals surface area contributed by atoms with Crippen LogP contribution >= 0.6 is 0 Å². The fraction of sp³-hybridized carbons (Fsp3) is 0.188. The summed E-state index contributed by atoms with van der Waals surface area (Å²) in [6.07, 6.45) is 1.51. The lowest BCUT2D eigenvalue weighted by molar-refractivity contribution is -0.114. The molecule has 1 aromatic heterocycles. The van der Waals surface area contributed by atoms with E-state index in [1.165, 1.54) is 13.1 Å². The molecule has 1 aromatic carbocycles. The van der Waals surface area contributed by atoms with Crippen molar-refractivity contribution in [1.82, 2.24) is 4.98 Å². The molecule has 0 unspecified atom stereocenters. The Morgan fingerprint density at radius 3 is 2.36 bits per heavy atom. The summed E-state index contributed by atoms with van der Waals surface area (Å²) in [7, 11) is 1.57. The van der Waals surface area contributed by atoms with Crippen LogP contribution in [0.5, 0.6) is 5.75 Å². The second-order valence-corrected chi connectivity index (χ2v) is 4.75. The summed E-state index contributed by atoms with van der Waals surface area (Å²) in [5.74, 6) is 0.680. The van der Waals surface area contributed by atoms with Gasteiger partial charge in [-0.1, -0.05) is 0 Å². The molecule has 0 radical (unpaired) electrons. The first-order valence-electron chi connectivity index (χ1n) is 6.69. The lowest BCUT2D eigenvalue weighted by Crippen LogP contribution is -2.14. The van der Waals surface area contributed by atoms with Crippen molar-refractivity contribution < 1.29 is 14.3 Å². The van der Waals surface area contributed by atoms with Crippen LogP contribution in [0.2, 0.25) is 0 Å². The van der Waals surface area contributed by atoms with Gasteiger partial charge in [-0.15, -0.1) is 0 Å². The number of amides is 2. The van der Waals surface area contributed by atoms with Gasteiger partial charge in [0.05, 0.1) is 19.0 Å². The van der Waals surface area contributed by atoms with Gasteiger partial charge in [0.2, 0.25) is 5.91 Å². The second kappa shape index (κ2) is 6.71. The molecule has 0 aliphatic heterocycles. The molecule has 1 heterocycles. The molecule has 2 rings (SSSR count). The van der Waals surface area contributed by atoms with Crippen molar-refractivity contribution in [2.24, 2.45) is 0 Å². The van der Waals surface area contributed by atoms with Gasteiger partial charge in [-0.05, 0) is 42.8 Å². The van der Waals surface area contributed by atoms with Crippen LogP contribution in [0.1, 0.15) is 22.8 Å². The van der Waals surface area contributed by atoms with Gasteiger partial charge in [-0.25, -0.2) is 4.98 Å². The minimum atomic E-state index is -0.262. The van der Waals surface area contributed by atoms with E-state index < -0.39 is 0 Å². The van der Waals surface area contributed by atoms with Crippen LogP contribution in [-0.2, 0) is 4.79 Å². The number of rotatable bonds is 4.